The molecule has 3 heterocycles. The fourth-order valence-electron chi connectivity index (χ4n) is 3.96. The Morgan fingerprint density at radius 1 is 1.36 bits per heavy atom. The molecule has 2 fully saturated rings. The molecule has 0 radical (unpaired) electrons. The first-order chi connectivity index (χ1) is 11.8. The van der Waals surface area contributed by atoms with Crippen LogP contribution in [-0.2, 0) is 21.4 Å². The van der Waals surface area contributed by atoms with Gasteiger partial charge in [-0.25, -0.2) is 0 Å². The molecule has 9 heteroatoms. The summed E-state index contributed by atoms with van der Waals surface area (Å²) in [6.45, 7) is 1.81. The molecular weight excluding hydrogens is 344 g/mol. The Kier molecular flexibility index (Phi) is 5.17. The van der Waals surface area contributed by atoms with Crippen LogP contribution in [0.4, 0.5) is 0 Å². The van der Waals surface area contributed by atoms with Gasteiger partial charge >= 0.3 is 0 Å². The molecule has 2 saturated heterocycles. The van der Waals surface area contributed by atoms with E-state index in [2.05, 4.69) is 10.5 Å². The summed E-state index contributed by atoms with van der Waals surface area (Å²) in [6.07, 6.45) is 4.20. The van der Waals surface area contributed by atoms with Gasteiger partial charge in [0.15, 0.2) is 0 Å². The van der Waals surface area contributed by atoms with E-state index < -0.39 is 10.2 Å². The molecule has 3 atom stereocenters. The maximum absolute atomic E-state index is 12.6. The highest BCUT2D eigenvalue weighted by Crippen LogP contribution is 2.36. The maximum atomic E-state index is 12.6. The number of carbonyl (C=O) groups is 1. The molecule has 0 aromatic carbocycles. The van der Waals surface area contributed by atoms with E-state index in [1.165, 1.54) is 4.31 Å². The van der Waals surface area contributed by atoms with E-state index in [0.29, 0.717) is 18.6 Å². The van der Waals surface area contributed by atoms with Crippen molar-refractivity contribution in [2.45, 2.75) is 63.6 Å². The molecular formula is C16H26N4O4S. The van der Waals surface area contributed by atoms with E-state index in [0.717, 1.165) is 25.0 Å². The van der Waals surface area contributed by atoms with Gasteiger partial charge in [-0.3, -0.25) is 4.79 Å². The molecule has 1 N–H and O–H groups in total. The zero-order valence-electron chi connectivity index (χ0n) is 14.9. The van der Waals surface area contributed by atoms with E-state index in [4.69, 9.17) is 4.52 Å². The van der Waals surface area contributed by atoms with Crippen LogP contribution in [0, 0.1) is 6.92 Å². The first kappa shape index (κ1) is 18.3. The van der Waals surface area contributed by atoms with Crippen LogP contribution in [0.25, 0.3) is 0 Å². The Labute approximate surface area is 148 Å². The quantitative estimate of drug-likeness (QED) is 0.828. The molecule has 1 unspecified atom stereocenters. The predicted molar refractivity (Wildman–Crippen MR) is 92.0 cm³/mol. The maximum Gasteiger partial charge on any atom is 0.281 e. The van der Waals surface area contributed by atoms with Crippen LogP contribution < -0.4 is 5.32 Å². The zero-order valence-corrected chi connectivity index (χ0v) is 15.8. The van der Waals surface area contributed by atoms with Crippen molar-refractivity contribution in [1.82, 2.24) is 19.1 Å². The second kappa shape index (κ2) is 7.05. The Hall–Kier alpha value is -1.45. The van der Waals surface area contributed by atoms with Crippen molar-refractivity contribution >= 4 is 16.1 Å². The molecule has 3 rings (SSSR count). The average molecular weight is 370 g/mol. The molecule has 0 saturated carbocycles. The van der Waals surface area contributed by atoms with Crippen molar-refractivity contribution < 1.29 is 17.7 Å². The zero-order chi connectivity index (χ0) is 18.2. The number of fused-ring (bicyclic) bond motifs is 2. The first-order valence-corrected chi connectivity index (χ1v) is 10.1. The fourth-order valence-corrected chi connectivity index (χ4v) is 5.47. The van der Waals surface area contributed by atoms with Gasteiger partial charge in [-0.1, -0.05) is 11.6 Å². The van der Waals surface area contributed by atoms with Gasteiger partial charge < -0.3 is 9.84 Å². The number of hydrogen-bond donors (Lipinski definition) is 1. The number of amides is 1. The topological polar surface area (TPSA) is 95.8 Å². The minimum atomic E-state index is -3.43. The normalized spacial score (nSPS) is 27.4. The number of piperidine rings is 2. The van der Waals surface area contributed by atoms with E-state index >= 15 is 0 Å². The van der Waals surface area contributed by atoms with Crippen LogP contribution in [-0.4, -0.2) is 60.3 Å². The summed E-state index contributed by atoms with van der Waals surface area (Å²) in [7, 11) is -0.291. The molecule has 1 amide bonds. The number of nitrogens with zero attached hydrogens (tertiary/aromatic N) is 3. The van der Waals surface area contributed by atoms with Crippen LogP contribution in [0.15, 0.2) is 10.6 Å². The van der Waals surface area contributed by atoms with E-state index in [1.54, 1.807) is 24.5 Å². The third-order valence-electron chi connectivity index (χ3n) is 5.01. The highest BCUT2D eigenvalue weighted by atomic mass is 32.2. The Balaban J connectivity index is 1.64. The molecule has 1 aromatic heterocycles. The van der Waals surface area contributed by atoms with Crippen molar-refractivity contribution in [3.63, 3.8) is 0 Å². The second-order valence-corrected chi connectivity index (χ2v) is 9.25. The lowest BCUT2D eigenvalue weighted by Crippen LogP contribution is -2.60. The monoisotopic (exact) mass is 370 g/mol. The largest absolute Gasteiger partial charge is 0.361 e. The van der Waals surface area contributed by atoms with Crippen molar-refractivity contribution in [3.05, 3.63) is 17.5 Å². The fraction of sp³-hybridized carbons (Fsp3) is 0.750. The van der Waals surface area contributed by atoms with Crippen LogP contribution in [0.5, 0.6) is 0 Å². The van der Waals surface area contributed by atoms with Crippen molar-refractivity contribution in [2.75, 3.05) is 14.1 Å². The molecule has 140 valence electrons. The molecule has 2 aliphatic heterocycles. The number of hydrogen-bond acceptors (Lipinski definition) is 5. The number of rotatable bonds is 5. The molecule has 0 spiro atoms. The Morgan fingerprint density at radius 2 is 2.00 bits per heavy atom. The smallest absolute Gasteiger partial charge is 0.281 e. The summed E-state index contributed by atoms with van der Waals surface area (Å²) in [4.78, 5) is 12.3. The van der Waals surface area contributed by atoms with Crippen LogP contribution in [0.3, 0.4) is 0 Å². The highest BCUT2D eigenvalue weighted by Gasteiger charge is 2.45. The molecule has 2 bridgehead atoms. The molecule has 25 heavy (non-hydrogen) atoms. The van der Waals surface area contributed by atoms with Gasteiger partial charge in [-0.2, -0.15) is 17.0 Å². The third-order valence-corrected chi connectivity index (χ3v) is 7.06. The van der Waals surface area contributed by atoms with Gasteiger partial charge in [0.2, 0.25) is 5.91 Å². The lowest BCUT2D eigenvalue weighted by Gasteiger charge is -2.48. The van der Waals surface area contributed by atoms with Gasteiger partial charge in [0.05, 0.1) is 12.1 Å². The lowest BCUT2D eigenvalue weighted by atomic mass is 9.84. The minimum Gasteiger partial charge on any atom is -0.361 e. The van der Waals surface area contributed by atoms with Gasteiger partial charge in [-0.15, -0.1) is 0 Å². The minimum absolute atomic E-state index is 0.000399. The molecule has 1 aromatic rings. The lowest BCUT2D eigenvalue weighted by molar-refractivity contribution is -0.122. The molecule has 0 aliphatic carbocycles. The van der Waals surface area contributed by atoms with Crippen LogP contribution in [0.2, 0.25) is 0 Å². The SMILES string of the molecule is Cc1cc(CC(=O)NC2C[C@H]3CCC[C@@H](C2)N3S(=O)(=O)N(C)C)on1. The van der Waals surface area contributed by atoms with Gasteiger partial charge in [-0.05, 0) is 32.6 Å². The summed E-state index contributed by atoms with van der Waals surface area (Å²) in [6, 6.07) is 1.66. The summed E-state index contributed by atoms with van der Waals surface area (Å²) in [5, 5.41) is 6.83. The Morgan fingerprint density at radius 3 is 2.52 bits per heavy atom. The number of carbonyl (C=O) groups excluding carboxylic acids is 1. The van der Waals surface area contributed by atoms with E-state index in [1.807, 2.05) is 6.92 Å². The van der Waals surface area contributed by atoms with Gasteiger partial charge in [0.1, 0.15) is 5.76 Å². The highest BCUT2D eigenvalue weighted by molar-refractivity contribution is 7.86. The number of aryl methyl sites for hydroxylation is 1. The van der Waals surface area contributed by atoms with Gasteiger partial charge in [0, 0.05) is 38.3 Å². The summed E-state index contributed by atoms with van der Waals surface area (Å²) >= 11 is 0. The van der Waals surface area contributed by atoms with Crippen LogP contribution >= 0.6 is 0 Å². The van der Waals surface area contributed by atoms with E-state index in [9.17, 15) is 13.2 Å². The number of nitrogens with one attached hydrogen (secondary N) is 1. The average Bonchev–Trinajstić information content (AvgIpc) is 2.90. The van der Waals surface area contributed by atoms with E-state index in [-0.39, 0.29) is 30.5 Å². The van der Waals surface area contributed by atoms with Gasteiger partial charge in [0.25, 0.3) is 10.2 Å². The molecule has 2 aliphatic rings. The van der Waals surface area contributed by atoms with Crippen LogP contribution in [0.1, 0.15) is 43.6 Å². The summed E-state index contributed by atoms with van der Waals surface area (Å²) in [5.74, 6) is 0.436. The number of aromatic nitrogens is 1. The Bertz CT molecular complexity index is 716. The van der Waals surface area contributed by atoms with Crippen molar-refractivity contribution in [1.29, 1.82) is 0 Å². The third kappa shape index (κ3) is 3.88. The van der Waals surface area contributed by atoms with Crippen molar-refractivity contribution in [2.24, 2.45) is 0 Å². The van der Waals surface area contributed by atoms with Crippen molar-refractivity contribution in [3.8, 4) is 0 Å². The summed E-state index contributed by atoms with van der Waals surface area (Å²) < 4.78 is 33.3. The predicted octanol–water partition coefficient (Wildman–Crippen LogP) is 0.834. The second-order valence-electron chi connectivity index (χ2n) is 7.21. The summed E-state index contributed by atoms with van der Waals surface area (Å²) in [5.41, 5.74) is 0.750. The first-order valence-electron chi connectivity index (χ1n) is 8.70. The standard InChI is InChI=1S/C16H26N4O4S/c1-11-7-15(24-18-11)10-16(21)17-12-8-13-5-4-6-14(9-12)20(13)25(22,23)19(2)3/h7,12-14H,4-6,8-10H2,1-3H3,(H,17,21)/t12?,13-,14+. The molecule has 8 nitrogen and oxygen atoms in total.